The van der Waals surface area contributed by atoms with Gasteiger partial charge in [0.1, 0.15) is 0 Å². The molecule has 0 saturated heterocycles. The molecule has 0 unspecified atom stereocenters. The van der Waals surface area contributed by atoms with Crippen molar-refractivity contribution in [3.63, 3.8) is 0 Å². The van der Waals surface area contributed by atoms with Gasteiger partial charge in [0, 0.05) is 28.8 Å². The minimum atomic E-state index is 0.775. The maximum atomic E-state index is 5.98. The molecule has 1 aromatic heterocycles. The topological polar surface area (TPSA) is 24.9 Å². The zero-order valence-corrected chi connectivity index (χ0v) is 12.0. The SMILES string of the molecule is Cc1cc(Cl)ccc1CNc1cccc2ncccc12. The van der Waals surface area contributed by atoms with Crippen molar-refractivity contribution in [2.45, 2.75) is 13.5 Å². The van der Waals surface area contributed by atoms with E-state index in [-0.39, 0.29) is 0 Å². The molecule has 0 fully saturated rings. The van der Waals surface area contributed by atoms with Crippen LogP contribution in [-0.4, -0.2) is 4.98 Å². The van der Waals surface area contributed by atoms with Crippen molar-refractivity contribution >= 4 is 28.2 Å². The Balaban J connectivity index is 1.87. The van der Waals surface area contributed by atoms with Gasteiger partial charge in [-0.2, -0.15) is 0 Å². The maximum absolute atomic E-state index is 5.98. The second kappa shape index (κ2) is 5.51. The fourth-order valence-electron chi connectivity index (χ4n) is 2.31. The number of fused-ring (bicyclic) bond motifs is 1. The van der Waals surface area contributed by atoms with Gasteiger partial charge in [0.2, 0.25) is 0 Å². The highest BCUT2D eigenvalue weighted by Gasteiger charge is 2.03. The number of anilines is 1. The third kappa shape index (κ3) is 2.61. The van der Waals surface area contributed by atoms with E-state index in [4.69, 9.17) is 11.6 Å². The molecule has 2 aromatic carbocycles. The minimum Gasteiger partial charge on any atom is -0.380 e. The predicted molar refractivity (Wildman–Crippen MR) is 85.3 cm³/mol. The molecule has 0 aliphatic carbocycles. The molecule has 0 atom stereocenters. The fraction of sp³-hybridized carbons (Fsp3) is 0.118. The predicted octanol–water partition coefficient (Wildman–Crippen LogP) is 4.81. The summed E-state index contributed by atoms with van der Waals surface area (Å²) in [7, 11) is 0. The molecule has 20 heavy (non-hydrogen) atoms. The number of hydrogen-bond acceptors (Lipinski definition) is 2. The van der Waals surface area contributed by atoms with Gasteiger partial charge in [0.25, 0.3) is 0 Å². The lowest BCUT2D eigenvalue weighted by Crippen LogP contribution is -2.01. The first kappa shape index (κ1) is 12.9. The lowest BCUT2D eigenvalue weighted by molar-refractivity contribution is 1.12. The highest BCUT2D eigenvalue weighted by atomic mass is 35.5. The number of hydrogen-bond donors (Lipinski definition) is 1. The molecule has 0 aliphatic heterocycles. The second-order valence-corrected chi connectivity index (χ2v) is 5.24. The quantitative estimate of drug-likeness (QED) is 0.746. The van der Waals surface area contributed by atoms with E-state index in [1.54, 1.807) is 0 Å². The first-order chi connectivity index (χ1) is 9.74. The van der Waals surface area contributed by atoms with Crippen LogP contribution >= 0.6 is 11.6 Å². The molecule has 1 heterocycles. The molecule has 0 spiro atoms. The van der Waals surface area contributed by atoms with E-state index in [0.717, 1.165) is 28.2 Å². The summed E-state index contributed by atoms with van der Waals surface area (Å²) in [6, 6.07) is 16.1. The molecule has 0 radical (unpaired) electrons. The van der Waals surface area contributed by atoms with Crippen LogP contribution in [0.1, 0.15) is 11.1 Å². The third-order valence-electron chi connectivity index (χ3n) is 3.42. The summed E-state index contributed by atoms with van der Waals surface area (Å²) in [4.78, 5) is 4.37. The van der Waals surface area contributed by atoms with Crippen LogP contribution < -0.4 is 5.32 Å². The monoisotopic (exact) mass is 282 g/mol. The highest BCUT2D eigenvalue weighted by Crippen LogP contribution is 2.23. The molecule has 0 saturated carbocycles. The van der Waals surface area contributed by atoms with Crippen LogP contribution in [0.25, 0.3) is 10.9 Å². The molecule has 100 valence electrons. The van der Waals surface area contributed by atoms with Gasteiger partial charge < -0.3 is 5.32 Å². The summed E-state index contributed by atoms with van der Waals surface area (Å²) in [6.07, 6.45) is 1.81. The Hall–Kier alpha value is -2.06. The van der Waals surface area contributed by atoms with E-state index in [1.165, 1.54) is 11.1 Å². The lowest BCUT2D eigenvalue weighted by Gasteiger charge is -2.11. The number of pyridine rings is 1. The molecule has 1 N–H and O–H groups in total. The average molecular weight is 283 g/mol. The number of rotatable bonds is 3. The second-order valence-electron chi connectivity index (χ2n) is 4.80. The van der Waals surface area contributed by atoms with Crippen LogP contribution in [0.4, 0.5) is 5.69 Å². The molecule has 0 bridgehead atoms. The van der Waals surface area contributed by atoms with E-state index in [2.05, 4.69) is 35.4 Å². The molecular weight excluding hydrogens is 268 g/mol. The molecule has 3 rings (SSSR count). The summed E-state index contributed by atoms with van der Waals surface area (Å²) >= 11 is 5.98. The van der Waals surface area contributed by atoms with Crippen molar-refractivity contribution in [1.29, 1.82) is 0 Å². The van der Waals surface area contributed by atoms with Crippen LogP contribution in [0.15, 0.2) is 54.7 Å². The Labute approximate surface area is 123 Å². The Morgan fingerprint density at radius 1 is 1.10 bits per heavy atom. The van der Waals surface area contributed by atoms with E-state index >= 15 is 0 Å². The third-order valence-corrected chi connectivity index (χ3v) is 3.65. The summed E-state index contributed by atoms with van der Waals surface area (Å²) in [5.74, 6) is 0. The molecule has 0 amide bonds. The van der Waals surface area contributed by atoms with Crippen molar-refractivity contribution < 1.29 is 0 Å². The van der Waals surface area contributed by atoms with Crippen molar-refractivity contribution in [3.05, 3.63) is 70.9 Å². The van der Waals surface area contributed by atoms with Gasteiger partial charge >= 0.3 is 0 Å². The molecular formula is C17H15ClN2. The molecule has 0 aliphatic rings. The number of nitrogens with zero attached hydrogens (tertiary/aromatic N) is 1. The van der Waals surface area contributed by atoms with Crippen molar-refractivity contribution in [1.82, 2.24) is 4.98 Å². The van der Waals surface area contributed by atoms with Crippen molar-refractivity contribution in [2.24, 2.45) is 0 Å². The first-order valence-corrected chi connectivity index (χ1v) is 6.94. The van der Waals surface area contributed by atoms with E-state index in [0.29, 0.717) is 0 Å². The summed E-state index contributed by atoms with van der Waals surface area (Å²) in [6.45, 7) is 2.85. The fourth-order valence-corrected chi connectivity index (χ4v) is 2.53. The molecule has 3 aromatic rings. The average Bonchev–Trinajstić information content (AvgIpc) is 2.46. The van der Waals surface area contributed by atoms with Crippen LogP contribution in [-0.2, 0) is 6.54 Å². The Morgan fingerprint density at radius 3 is 2.85 bits per heavy atom. The largest absolute Gasteiger partial charge is 0.380 e. The highest BCUT2D eigenvalue weighted by molar-refractivity contribution is 6.30. The van der Waals surface area contributed by atoms with Gasteiger partial charge in [-0.25, -0.2) is 0 Å². The Morgan fingerprint density at radius 2 is 2.00 bits per heavy atom. The van der Waals surface area contributed by atoms with Crippen LogP contribution in [0.5, 0.6) is 0 Å². The van der Waals surface area contributed by atoms with Crippen molar-refractivity contribution in [2.75, 3.05) is 5.32 Å². The van der Waals surface area contributed by atoms with E-state index < -0.39 is 0 Å². The van der Waals surface area contributed by atoms with Gasteiger partial charge in [-0.15, -0.1) is 0 Å². The summed E-state index contributed by atoms with van der Waals surface area (Å²) in [5.41, 5.74) is 4.55. The maximum Gasteiger partial charge on any atom is 0.0722 e. The first-order valence-electron chi connectivity index (χ1n) is 6.57. The zero-order valence-electron chi connectivity index (χ0n) is 11.2. The standard InChI is InChI=1S/C17H15ClN2/c1-12-10-14(18)8-7-13(12)11-20-17-6-2-5-16-15(17)4-3-9-19-16/h2-10,20H,11H2,1H3. The number of nitrogens with one attached hydrogen (secondary N) is 1. The number of halogens is 1. The van der Waals surface area contributed by atoms with Gasteiger partial charge in [0.15, 0.2) is 0 Å². The summed E-state index contributed by atoms with van der Waals surface area (Å²) in [5, 5.41) is 5.40. The Bertz CT molecular complexity index is 748. The zero-order chi connectivity index (χ0) is 13.9. The summed E-state index contributed by atoms with van der Waals surface area (Å²) < 4.78 is 0. The lowest BCUT2D eigenvalue weighted by atomic mass is 10.1. The van der Waals surface area contributed by atoms with Gasteiger partial charge in [0.05, 0.1) is 5.52 Å². The van der Waals surface area contributed by atoms with Crippen LogP contribution in [0.3, 0.4) is 0 Å². The minimum absolute atomic E-state index is 0.775. The molecule has 3 heteroatoms. The van der Waals surface area contributed by atoms with Crippen LogP contribution in [0, 0.1) is 6.92 Å². The number of aryl methyl sites for hydroxylation is 1. The van der Waals surface area contributed by atoms with Gasteiger partial charge in [-0.1, -0.05) is 23.7 Å². The van der Waals surface area contributed by atoms with Crippen molar-refractivity contribution in [3.8, 4) is 0 Å². The normalized spacial score (nSPS) is 10.7. The van der Waals surface area contributed by atoms with Crippen LogP contribution in [0.2, 0.25) is 5.02 Å². The smallest absolute Gasteiger partial charge is 0.0722 e. The van der Waals surface area contributed by atoms with Gasteiger partial charge in [-0.3, -0.25) is 4.98 Å². The Kier molecular flexibility index (Phi) is 3.57. The van der Waals surface area contributed by atoms with E-state index in [1.807, 2.05) is 36.5 Å². The number of benzene rings is 2. The molecule has 2 nitrogen and oxygen atoms in total. The van der Waals surface area contributed by atoms with E-state index in [9.17, 15) is 0 Å². The van der Waals surface area contributed by atoms with Gasteiger partial charge in [-0.05, 0) is 54.4 Å². The number of aromatic nitrogens is 1.